The maximum atomic E-state index is 14.2. The van der Waals surface area contributed by atoms with Gasteiger partial charge in [0.15, 0.2) is 24.8 Å². The Hall–Kier alpha value is -2.75. The Morgan fingerprint density at radius 1 is 0.857 bits per heavy atom. The number of hydrogen-bond acceptors (Lipinski definition) is 13. The Kier molecular flexibility index (Phi) is 14.7. The van der Waals surface area contributed by atoms with Gasteiger partial charge in [0.1, 0.15) is 23.6 Å². The molecule has 9 unspecified atom stereocenters. The zero-order chi connectivity index (χ0) is 45.6. The molecule has 3 saturated carbocycles. The normalized spacial score (nSPS) is 41.7. The number of rotatable bonds is 14. The van der Waals surface area contributed by atoms with Crippen molar-refractivity contribution in [3.8, 4) is 0 Å². The number of fused-ring (bicyclic) bond motifs is 5. The molecule has 7 rings (SSSR count). The van der Waals surface area contributed by atoms with Gasteiger partial charge in [-0.2, -0.15) is 0 Å². The van der Waals surface area contributed by atoms with Gasteiger partial charge in [0.25, 0.3) is 0 Å². The molecule has 5 fully saturated rings. The lowest BCUT2D eigenvalue weighted by Crippen LogP contribution is -2.62. The highest BCUT2D eigenvalue weighted by atomic mass is 16.7. The first-order valence-corrected chi connectivity index (χ1v) is 23.8. The lowest BCUT2D eigenvalue weighted by molar-refractivity contribution is -0.333. The summed E-state index contributed by atoms with van der Waals surface area (Å²) in [6.45, 7) is 15.6. The number of aryl methyl sites for hydroxylation is 1. The quantitative estimate of drug-likeness (QED) is 0.119. The minimum Gasteiger partial charge on any atom is -0.455 e. The van der Waals surface area contributed by atoms with Crippen LogP contribution in [0.3, 0.4) is 0 Å². The molecular formula is C50H74O13. The predicted molar refractivity (Wildman–Crippen MR) is 232 cm³/mol. The van der Waals surface area contributed by atoms with E-state index < -0.39 is 84.0 Å². The van der Waals surface area contributed by atoms with Crippen LogP contribution in [0.5, 0.6) is 0 Å². The Labute approximate surface area is 373 Å². The summed E-state index contributed by atoms with van der Waals surface area (Å²) in [6.07, 6.45) is -0.287. The molecule has 1 aromatic carbocycles. The molecule has 2 saturated heterocycles. The van der Waals surface area contributed by atoms with E-state index in [0.717, 1.165) is 37.7 Å². The Balaban J connectivity index is 1.16. The van der Waals surface area contributed by atoms with Crippen LogP contribution in [0, 0.1) is 53.3 Å². The number of aliphatic hydroxyl groups is 4. The van der Waals surface area contributed by atoms with Crippen LogP contribution in [0.15, 0.2) is 35.9 Å². The molecule has 1 aromatic rings. The molecule has 0 spiro atoms. The Morgan fingerprint density at radius 2 is 1.54 bits per heavy atom. The van der Waals surface area contributed by atoms with Crippen LogP contribution < -0.4 is 0 Å². The number of allylic oxidation sites excluding steroid dienone is 1. The van der Waals surface area contributed by atoms with Crippen molar-refractivity contribution >= 4 is 17.7 Å². The summed E-state index contributed by atoms with van der Waals surface area (Å²) in [4.78, 5) is 40.5. The average molecular weight is 883 g/mol. The van der Waals surface area contributed by atoms with Crippen molar-refractivity contribution in [2.75, 3.05) is 13.2 Å². The van der Waals surface area contributed by atoms with E-state index >= 15 is 0 Å². The first-order valence-electron chi connectivity index (χ1n) is 23.8. The lowest BCUT2D eigenvalue weighted by atomic mass is 9.46. The fraction of sp³-hybridized carbons (Fsp3) is 0.780. The number of aliphatic hydroxyl groups excluding tert-OH is 3. The number of carbonyl (C=O) groups is 3. The number of hydrogen-bond donors (Lipinski definition) is 4. The van der Waals surface area contributed by atoms with Crippen LogP contribution in [0.25, 0.3) is 0 Å². The van der Waals surface area contributed by atoms with Crippen LogP contribution in [-0.2, 0) is 38.0 Å². The maximum Gasteiger partial charge on any atom is 0.338 e. The number of Topliss-reactive ketones (excluding diaryl/α,β-unsaturated/α-hetero) is 1. The molecule has 2 aliphatic heterocycles. The van der Waals surface area contributed by atoms with E-state index in [1.807, 2.05) is 27.7 Å². The standard InChI is InChI=1S/C50H74O13/c1-9-10-41(55)61-43-39(54)26-59-47(44(43)62-45(56)31-14-12-28(4)13-15-31)63-42-29(5)46(58-25-38(42)53)60-40-24-36-34-17-16-32-23-33(51)19-21-48(32,7)35(34)20-22-49(36,8)50(40,57)30(6)37(52)18-11-27(2)3/h12-16,27,29-30,33-36,38-40,42-44,46-47,51,53-54,57H,9-11,17-26H2,1-8H3/t29?,30-,33+,34-,35?,36+,38?,39?,40+,42?,43?,44?,46?,47?,48+,49+,50-/m1/s1. The average Bonchev–Trinajstić information content (AvgIpc) is 3.47. The Bertz CT molecular complexity index is 1810. The van der Waals surface area contributed by atoms with Crippen LogP contribution in [0.1, 0.15) is 135 Å². The van der Waals surface area contributed by atoms with Gasteiger partial charge < -0.3 is 48.8 Å². The molecule has 6 aliphatic rings. The topological polar surface area (TPSA) is 188 Å². The number of carbonyl (C=O) groups excluding carboxylic acids is 3. The predicted octanol–water partition coefficient (Wildman–Crippen LogP) is 6.38. The number of benzene rings is 1. The van der Waals surface area contributed by atoms with E-state index in [0.29, 0.717) is 43.9 Å². The molecule has 4 N–H and O–H groups in total. The van der Waals surface area contributed by atoms with Crippen molar-refractivity contribution in [3.05, 3.63) is 47.0 Å². The minimum absolute atomic E-state index is 0.00847. The van der Waals surface area contributed by atoms with Crippen molar-refractivity contribution in [3.63, 3.8) is 0 Å². The highest BCUT2D eigenvalue weighted by Gasteiger charge is 2.70. The van der Waals surface area contributed by atoms with Crippen molar-refractivity contribution in [2.45, 2.75) is 187 Å². The van der Waals surface area contributed by atoms with Crippen molar-refractivity contribution in [2.24, 2.45) is 46.3 Å². The second-order valence-corrected chi connectivity index (χ2v) is 20.9. The molecule has 352 valence electrons. The third-order valence-corrected chi connectivity index (χ3v) is 16.5. The highest BCUT2D eigenvalue weighted by molar-refractivity contribution is 5.89. The van der Waals surface area contributed by atoms with Crippen LogP contribution >= 0.6 is 0 Å². The first kappa shape index (κ1) is 48.2. The molecule has 0 amide bonds. The molecular weight excluding hydrogens is 809 g/mol. The summed E-state index contributed by atoms with van der Waals surface area (Å²) >= 11 is 0. The molecule has 0 bridgehead atoms. The van der Waals surface area contributed by atoms with Crippen LogP contribution in [0.2, 0.25) is 0 Å². The summed E-state index contributed by atoms with van der Waals surface area (Å²) < 4.78 is 37.4. The summed E-state index contributed by atoms with van der Waals surface area (Å²) in [7, 11) is 0. The van der Waals surface area contributed by atoms with Gasteiger partial charge in [0.05, 0.1) is 37.1 Å². The largest absolute Gasteiger partial charge is 0.455 e. The fourth-order valence-corrected chi connectivity index (χ4v) is 12.6. The van der Waals surface area contributed by atoms with E-state index in [1.165, 1.54) is 5.57 Å². The van der Waals surface area contributed by atoms with Gasteiger partial charge in [-0.1, -0.05) is 77.8 Å². The van der Waals surface area contributed by atoms with Gasteiger partial charge in [-0.15, -0.1) is 0 Å². The van der Waals surface area contributed by atoms with Gasteiger partial charge in [0.2, 0.25) is 0 Å². The zero-order valence-electron chi connectivity index (χ0n) is 38.7. The van der Waals surface area contributed by atoms with Gasteiger partial charge in [0, 0.05) is 30.1 Å². The monoisotopic (exact) mass is 883 g/mol. The summed E-state index contributed by atoms with van der Waals surface area (Å²) in [5.74, 6) is -1.71. The highest BCUT2D eigenvalue weighted by Crippen LogP contribution is 2.69. The maximum absolute atomic E-state index is 14.2. The van der Waals surface area contributed by atoms with E-state index in [9.17, 15) is 34.8 Å². The van der Waals surface area contributed by atoms with E-state index in [-0.39, 0.29) is 54.3 Å². The van der Waals surface area contributed by atoms with E-state index in [1.54, 1.807) is 24.3 Å². The minimum atomic E-state index is -1.53. The Morgan fingerprint density at radius 3 is 2.22 bits per heavy atom. The second-order valence-electron chi connectivity index (χ2n) is 20.9. The third kappa shape index (κ3) is 9.20. The summed E-state index contributed by atoms with van der Waals surface area (Å²) in [5, 5.41) is 46.6. The molecule has 13 nitrogen and oxygen atoms in total. The van der Waals surface area contributed by atoms with Gasteiger partial charge >= 0.3 is 11.9 Å². The zero-order valence-corrected chi connectivity index (χ0v) is 38.7. The first-order chi connectivity index (χ1) is 29.8. The molecule has 2 heterocycles. The van der Waals surface area contributed by atoms with Crippen molar-refractivity contribution in [1.29, 1.82) is 0 Å². The van der Waals surface area contributed by atoms with Gasteiger partial charge in [-0.05, 0) is 106 Å². The summed E-state index contributed by atoms with van der Waals surface area (Å²) in [5.41, 5.74) is 0.321. The van der Waals surface area contributed by atoms with Crippen molar-refractivity contribution in [1.82, 2.24) is 0 Å². The van der Waals surface area contributed by atoms with Crippen LogP contribution in [-0.4, -0.2) is 112 Å². The van der Waals surface area contributed by atoms with Crippen molar-refractivity contribution < 1.29 is 63.2 Å². The molecule has 13 heteroatoms. The molecule has 17 atom stereocenters. The van der Waals surface area contributed by atoms with E-state index in [4.69, 9.17) is 28.4 Å². The molecule has 4 aliphatic carbocycles. The summed E-state index contributed by atoms with van der Waals surface area (Å²) in [6, 6.07) is 6.76. The van der Waals surface area contributed by atoms with Gasteiger partial charge in [-0.3, -0.25) is 9.59 Å². The third-order valence-electron chi connectivity index (χ3n) is 16.5. The lowest BCUT2D eigenvalue weighted by Gasteiger charge is -2.59. The smallest absolute Gasteiger partial charge is 0.338 e. The molecule has 0 radical (unpaired) electrons. The fourth-order valence-electron chi connectivity index (χ4n) is 12.6. The SMILES string of the molecule is CCCC(=O)OC1C(O)COC(OC2C(O)COC(O[C@H]3C[C@H]4[C@@H]5CC=C6C[C@@H](O)CC[C@]6(C)C5CC[C@]4(C)[C@@]3(O)[C@H](C)C(=O)CCC(C)C)C2C)C1OC(=O)c1ccc(C)cc1. The molecule has 0 aromatic heterocycles. The second kappa shape index (κ2) is 19.2. The number of esters is 2. The molecule has 63 heavy (non-hydrogen) atoms. The van der Waals surface area contributed by atoms with Crippen LogP contribution in [0.4, 0.5) is 0 Å². The number of ketones is 1. The van der Waals surface area contributed by atoms with Gasteiger partial charge in [-0.25, -0.2) is 4.79 Å². The number of ether oxygens (including phenoxy) is 6. The van der Waals surface area contributed by atoms with E-state index in [2.05, 4.69) is 33.8 Å².